The van der Waals surface area contributed by atoms with Gasteiger partial charge in [-0.1, -0.05) is 57.2 Å². The molecule has 0 unspecified atom stereocenters. The van der Waals surface area contributed by atoms with E-state index in [-0.39, 0.29) is 50.0 Å². The number of esters is 1. The van der Waals surface area contributed by atoms with Gasteiger partial charge in [0, 0.05) is 47.7 Å². The number of β-amino-alcohol motifs (C(OH)–C–C–N with tert-alkyl or cyclic N) is 1. The first-order valence-electron chi connectivity index (χ1n) is 23.1. The van der Waals surface area contributed by atoms with E-state index in [4.69, 9.17) is 14.5 Å². The number of aromatic nitrogens is 4. The molecule has 2 aromatic carbocycles. The molecule has 16 nitrogen and oxygen atoms in total. The molecule has 3 aliphatic heterocycles. The zero-order valence-electron chi connectivity index (χ0n) is 40.2. The van der Waals surface area contributed by atoms with Crippen LogP contribution in [0.4, 0.5) is 5.69 Å². The quantitative estimate of drug-likeness (QED) is 0.109. The molecule has 68 heavy (non-hydrogen) atoms. The number of fused-ring (bicyclic) bond motifs is 3. The van der Waals surface area contributed by atoms with Crippen LogP contribution in [0.25, 0.3) is 15.4 Å². The van der Waals surface area contributed by atoms with Crippen LogP contribution in [0.3, 0.4) is 0 Å². The maximum atomic E-state index is 14.2. The van der Waals surface area contributed by atoms with E-state index in [9.17, 15) is 24.3 Å². The fourth-order valence-electron chi connectivity index (χ4n) is 9.29. The lowest BCUT2D eigenvalue weighted by molar-refractivity contribution is -0.145. The fraction of sp³-hybridized carbons (Fsp3) is 0.480. The first kappa shape index (κ1) is 48.6. The number of aliphatic imine (C=N–C) groups is 1. The summed E-state index contributed by atoms with van der Waals surface area (Å²) in [5.41, 5.74) is 8.93. The first-order chi connectivity index (χ1) is 32.4. The number of rotatable bonds is 13. The van der Waals surface area contributed by atoms with Crippen LogP contribution in [0.1, 0.15) is 110 Å². The minimum absolute atomic E-state index is 0.0139. The molecule has 3 amide bonds. The summed E-state index contributed by atoms with van der Waals surface area (Å²) in [4.78, 5) is 69.5. The second-order valence-corrected chi connectivity index (χ2v) is 21.2. The molecule has 2 fully saturated rings. The Kier molecular flexibility index (Phi) is 14.3. The van der Waals surface area contributed by atoms with E-state index in [1.54, 1.807) is 22.7 Å². The van der Waals surface area contributed by atoms with Gasteiger partial charge < -0.3 is 35.0 Å². The lowest BCUT2D eigenvalue weighted by Crippen LogP contribution is -2.58. The Morgan fingerprint density at radius 2 is 1.63 bits per heavy atom. The van der Waals surface area contributed by atoms with Gasteiger partial charge in [0.15, 0.2) is 5.82 Å². The topological polar surface area (TPSA) is 193 Å². The van der Waals surface area contributed by atoms with Gasteiger partial charge in [-0.2, -0.15) is 0 Å². The zero-order valence-corrected chi connectivity index (χ0v) is 41.8. The molecule has 0 bridgehead atoms. The summed E-state index contributed by atoms with van der Waals surface area (Å²) in [5, 5.41) is 26.5. The van der Waals surface area contributed by atoms with Gasteiger partial charge in [0.2, 0.25) is 17.7 Å². The predicted molar refractivity (Wildman–Crippen MR) is 262 cm³/mol. The number of likely N-dealkylation sites (tertiary alicyclic amines) is 1. The number of anilines is 1. The van der Waals surface area contributed by atoms with Gasteiger partial charge in [0.1, 0.15) is 35.6 Å². The lowest BCUT2D eigenvalue weighted by Gasteiger charge is -2.36. The molecule has 0 aliphatic carbocycles. The Bertz CT molecular complexity index is 2690. The molecule has 3 N–H and O–H groups in total. The summed E-state index contributed by atoms with van der Waals surface area (Å²) in [6, 6.07) is 13.5. The standard InChI is InChI=1S/C50H61N9O7S2/c1-27-30(4)68-49-42(27)43(53-38(23-41(62)65-9)46-56-55-31(5)59(46)49)33-14-16-35(17-15-33)57-20-18-37(19-21-57)66-25-40(61)54-45(50(6,7)8)48(64)58-24-36(60)22-39(58)47(63)52-28(2)32-10-12-34(13-11-32)44-29(3)51-26-67-44/h10-17,26,28,36-39,45,60H,18-25H2,1-9H3,(H,52,63)(H,54,61)/t28-,36+,38-,39-,45+/m0/s1. The summed E-state index contributed by atoms with van der Waals surface area (Å²) in [5.74, 6) is -0.254. The minimum atomic E-state index is -0.963. The number of hydrogen-bond acceptors (Lipinski definition) is 14. The average Bonchev–Trinajstić information content (AvgIpc) is 4.09. The molecule has 360 valence electrons. The van der Waals surface area contributed by atoms with Crippen LogP contribution < -0.4 is 15.5 Å². The number of benzene rings is 2. The highest BCUT2D eigenvalue weighted by molar-refractivity contribution is 7.15. The third-order valence-electron chi connectivity index (χ3n) is 13.3. The number of nitrogens with zero attached hydrogens (tertiary/aromatic N) is 7. The summed E-state index contributed by atoms with van der Waals surface area (Å²) >= 11 is 3.24. The van der Waals surface area contributed by atoms with Crippen molar-refractivity contribution in [1.82, 2.24) is 35.3 Å². The van der Waals surface area contributed by atoms with Gasteiger partial charge in [0.25, 0.3) is 0 Å². The van der Waals surface area contributed by atoms with Crippen LogP contribution >= 0.6 is 22.7 Å². The molecule has 0 saturated carbocycles. The smallest absolute Gasteiger partial charge is 0.308 e. The number of carbonyl (C=O) groups is 4. The monoisotopic (exact) mass is 963 g/mol. The number of carbonyl (C=O) groups excluding carboxylic acids is 4. The summed E-state index contributed by atoms with van der Waals surface area (Å²) in [7, 11) is 1.37. The second-order valence-electron chi connectivity index (χ2n) is 19.1. The number of piperidine rings is 1. The average molecular weight is 964 g/mol. The molecule has 8 rings (SSSR count). The summed E-state index contributed by atoms with van der Waals surface area (Å²) < 4.78 is 13.2. The Balaban J connectivity index is 0.861. The Hall–Kier alpha value is -5.82. The SMILES string of the molecule is COC(=O)C[C@@H]1N=C(c2ccc(N3CCC(OCC(=O)N[C@H](C(=O)N4C[C@H](O)C[C@H]4C(=O)N[C@@H](C)c4ccc(-c5scnc5C)cc4)C(C)(C)C)CC3)cc2)c2c(sc(C)c2C)-n2c(C)nnc21. The normalized spacial score (nSPS) is 19.4. The number of thiazole rings is 1. The highest BCUT2D eigenvalue weighted by atomic mass is 32.1. The maximum Gasteiger partial charge on any atom is 0.308 e. The van der Waals surface area contributed by atoms with Crippen LogP contribution in [-0.4, -0.2) is 117 Å². The fourth-order valence-corrected chi connectivity index (χ4v) is 11.3. The number of aliphatic hydroxyl groups excluding tert-OH is 1. The van der Waals surface area contributed by atoms with Crippen LogP contribution in [0.5, 0.6) is 0 Å². The van der Waals surface area contributed by atoms with E-state index < -0.39 is 41.5 Å². The molecular weight excluding hydrogens is 903 g/mol. The van der Waals surface area contributed by atoms with Crippen LogP contribution in [-0.2, 0) is 28.7 Å². The van der Waals surface area contributed by atoms with Gasteiger partial charge in [-0.05, 0) is 81.7 Å². The Morgan fingerprint density at radius 3 is 2.28 bits per heavy atom. The minimum Gasteiger partial charge on any atom is -0.469 e. The molecule has 0 spiro atoms. The summed E-state index contributed by atoms with van der Waals surface area (Å²) in [6.45, 7) is 16.7. The zero-order chi connectivity index (χ0) is 48.6. The number of ether oxygens (including phenoxy) is 2. The largest absolute Gasteiger partial charge is 0.469 e. The van der Waals surface area contributed by atoms with Crippen LogP contribution in [0.15, 0.2) is 59.0 Å². The Morgan fingerprint density at radius 1 is 0.941 bits per heavy atom. The number of hydrogen-bond donors (Lipinski definition) is 3. The molecule has 3 aromatic heterocycles. The molecular formula is C50H61N9O7S2. The van der Waals surface area contributed by atoms with Crippen molar-refractivity contribution in [1.29, 1.82) is 0 Å². The summed E-state index contributed by atoms with van der Waals surface area (Å²) in [6.07, 6.45) is 0.495. The first-order valence-corrected chi connectivity index (χ1v) is 24.8. The number of methoxy groups -OCH3 is 1. The number of amides is 3. The van der Waals surface area contributed by atoms with Crippen molar-refractivity contribution in [2.24, 2.45) is 10.4 Å². The van der Waals surface area contributed by atoms with Gasteiger partial charge in [0.05, 0.1) is 53.6 Å². The van der Waals surface area contributed by atoms with Gasteiger partial charge in [-0.25, -0.2) is 4.98 Å². The number of aliphatic hydroxyl groups is 1. The van der Waals surface area contributed by atoms with Gasteiger partial charge >= 0.3 is 5.97 Å². The third-order valence-corrected chi connectivity index (χ3v) is 15.5. The van der Waals surface area contributed by atoms with Crippen LogP contribution in [0, 0.1) is 33.1 Å². The van der Waals surface area contributed by atoms with Gasteiger partial charge in [-0.3, -0.25) is 28.7 Å². The molecule has 18 heteroatoms. The maximum absolute atomic E-state index is 14.2. The van der Waals surface area contributed by atoms with Crippen molar-refractivity contribution in [3.8, 4) is 15.4 Å². The molecule has 5 aromatic rings. The van der Waals surface area contributed by atoms with Crippen molar-refractivity contribution < 1.29 is 33.8 Å². The van der Waals surface area contributed by atoms with E-state index in [1.165, 1.54) is 16.9 Å². The third kappa shape index (κ3) is 10.1. The molecule has 6 heterocycles. The second kappa shape index (κ2) is 20.0. The number of aryl methyl sites for hydroxylation is 3. The van der Waals surface area contributed by atoms with Crippen molar-refractivity contribution in [2.45, 2.75) is 117 Å². The van der Waals surface area contributed by atoms with E-state index in [0.29, 0.717) is 31.8 Å². The van der Waals surface area contributed by atoms with E-state index in [2.05, 4.69) is 68.8 Å². The highest BCUT2D eigenvalue weighted by Crippen LogP contribution is 2.40. The molecule has 0 radical (unpaired) electrons. The van der Waals surface area contributed by atoms with Crippen molar-refractivity contribution >= 4 is 57.8 Å². The van der Waals surface area contributed by atoms with E-state index in [1.807, 2.05) is 75.9 Å². The molecule has 3 aliphatic rings. The predicted octanol–water partition coefficient (Wildman–Crippen LogP) is 6.50. The van der Waals surface area contributed by atoms with Crippen molar-refractivity contribution in [2.75, 3.05) is 38.3 Å². The highest BCUT2D eigenvalue weighted by Gasteiger charge is 2.45. The van der Waals surface area contributed by atoms with Crippen molar-refractivity contribution in [3.05, 3.63) is 98.5 Å². The number of thiophene rings is 1. The van der Waals surface area contributed by atoms with Crippen molar-refractivity contribution in [3.63, 3.8) is 0 Å². The Labute approximate surface area is 405 Å². The molecule has 5 atom stereocenters. The van der Waals surface area contributed by atoms with E-state index >= 15 is 0 Å². The lowest BCUT2D eigenvalue weighted by atomic mass is 9.85. The van der Waals surface area contributed by atoms with Crippen LogP contribution in [0.2, 0.25) is 0 Å². The molecule has 2 saturated heterocycles. The number of nitrogens with one attached hydrogen (secondary N) is 2. The van der Waals surface area contributed by atoms with Gasteiger partial charge in [-0.15, -0.1) is 32.9 Å². The van der Waals surface area contributed by atoms with E-state index in [0.717, 1.165) is 60.6 Å².